The minimum absolute atomic E-state index is 0.124. The van der Waals surface area contributed by atoms with Gasteiger partial charge in [0.1, 0.15) is 11.3 Å². The lowest BCUT2D eigenvalue weighted by Crippen LogP contribution is -2.27. The van der Waals surface area contributed by atoms with Crippen LogP contribution in [0.4, 0.5) is 5.69 Å². The van der Waals surface area contributed by atoms with E-state index >= 15 is 0 Å². The van der Waals surface area contributed by atoms with Crippen LogP contribution in [0.1, 0.15) is 107 Å². The molecule has 0 saturated carbocycles. The van der Waals surface area contributed by atoms with Gasteiger partial charge in [0.05, 0.1) is 22.4 Å². The number of anilines is 1. The second-order valence-corrected chi connectivity index (χ2v) is 14.3. The SMILES string of the molecule is CCCCCCC(O)(CCCCCC)c1nn(-c2ccc(S(=O)(=O)Nc3ccc(CCNCC(O)c4cccnc4)cc3)cc2)nc1C. The molecule has 0 aliphatic heterocycles. The summed E-state index contributed by atoms with van der Waals surface area (Å²) < 4.78 is 29.0. The minimum Gasteiger partial charge on any atom is -0.387 e. The number of sulfonamides is 1. The Bertz CT molecular complexity index is 1610. The van der Waals surface area contributed by atoms with Crippen LogP contribution in [-0.4, -0.2) is 51.7 Å². The van der Waals surface area contributed by atoms with E-state index in [0.717, 1.165) is 68.9 Å². The lowest BCUT2D eigenvalue weighted by atomic mass is 9.86. The van der Waals surface area contributed by atoms with Crippen molar-refractivity contribution < 1.29 is 18.6 Å². The molecule has 0 spiro atoms. The summed E-state index contributed by atoms with van der Waals surface area (Å²) in [6.07, 6.45) is 13.3. The Morgan fingerprint density at radius 3 is 2.15 bits per heavy atom. The van der Waals surface area contributed by atoms with Crippen LogP contribution in [0, 0.1) is 6.92 Å². The number of hydrogen-bond acceptors (Lipinski definition) is 8. The summed E-state index contributed by atoms with van der Waals surface area (Å²) in [7, 11) is -3.82. The van der Waals surface area contributed by atoms with Crippen molar-refractivity contribution in [2.24, 2.45) is 0 Å². The summed E-state index contributed by atoms with van der Waals surface area (Å²) in [6, 6.07) is 17.3. The Hall–Kier alpha value is -3.64. The highest BCUT2D eigenvalue weighted by atomic mass is 32.2. The quantitative estimate of drug-likeness (QED) is 0.0709. The maximum absolute atomic E-state index is 13.2. The van der Waals surface area contributed by atoms with Gasteiger partial charge in [0, 0.05) is 30.2 Å². The van der Waals surface area contributed by atoms with E-state index in [1.807, 2.05) is 25.1 Å². The van der Waals surface area contributed by atoms with Crippen molar-refractivity contribution in [3.05, 3.63) is 95.6 Å². The molecule has 0 bridgehead atoms. The molecule has 2 aromatic heterocycles. The maximum atomic E-state index is 13.2. The van der Waals surface area contributed by atoms with E-state index in [-0.39, 0.29) is 4.90 Å². The first-order chi connectivity index (χ1) is 23.1. The molecule has 0 aliphatic rings. The lowest BCUT2D eigenvalue weighted by Gasteiger charge is -2.27. The summed E-state index contributed by atoms with van der Waals surface area (Å²) in [5, 5.41) is 34.7. The van der Waals surface area contributed by atoms with Crippen LogP contribution in [0.15, 0.2) is 78.0 Å². The number of benzene rings is 2. The molecule has 0 aliphatic carbocycles. The van der Waals surface area contributed by atoms with Gasteiger partial charge in [0.2, 0.25) is 0 Å². The number of aliphatic hydroxyl groups is 2. The molecule has 0 amide bonds. The van der Waals surface area contributed by atoms with Crippen molar-refractivity contribution >= 4 is 15.7 Å². The van der Waals surface area contributed by atoms with Gasteiger partial charge >= 0.3 is 0 Å². The van der Waals surface area contributed by atoms with Crippen LogP contribution in [0.3, 0.4) is 0 Å². The zero-order chi connectivity index (χ0) is 34.4. The number of unbranched alkanes of at least 4 members (excludes halogenated alkanes) is 6. The van der Waals surface area contributed by atoms with Crippen molar-refractivity contribution in [3.8, 4) is 5.69 Å². The average Bonchev–Trinajstić information content (AvgIpc) is 3.50. The first kappa shape index (κ1) is 37.2. The number of aryl methyl sites for hydroxylation is 1. The number of aliphatic hydroxyl groups excluding tert-OH is 1. The Labute approximate surface area is 286 Å². The van der Waals surface area contributed by atoms with Gasteiger partial charge in [0.15, 0.2) is 0 Å². The molecule has 4 rings (SSSR count). The van der Waals surface area contributed by atoms with Crippen molar-refractivity contribution in [2.45, 2.75) is 108 Å². The van der Waals surface area contributed by atoms with Gasteiger partial charge in [-0.1, -0.05) is 83.4 Å². The number of nitrogens with zero attached hydrogens (tertiary/aromatic N) is 4. The van der Waals surface area contributed by atoms with E-state index in [1.165, 1.54) is 16.9 Å². The molecule has 1 unspecified atom stereocenters. The number of nitrogens with one attached hydrogen (secondary N) is 2. The van der Waals surface area contributed by atoms with Crippen LogP contribution < -0.4 is 10.0 Å². The fourth-order valence-electron chi connectivity index (χ4n) is 5.85. The van der Waals surface area contributed by atoms with Gasteiger partial charge < -0.3 is 15.5 Å². The molecule has 2 aromatic carbocycles. The monoisotopic (exact) mass is 676 g/mol. The van der Waals surface area contributed by atoms with Crippen molar-refractivity contribution in [2.75, 3.05) is 17.8 Å². The summed E-state index contributed by atoms with van der Waals surface area (Å²) in [6.45, 7) is 7.31. The number of aromatic nitrogens is 4. The Morgan fingerprint density at radius 1 is 0.875 bits per heavy atom. The smallest absolute Gasteiger partial charge is 0.261 e. The van der Waals surface area contributed by atoms with E-state index in [1.54, 1.807) is 42.7 Å². The largest absolute Gasteiger partial charge is 0.387 e. The number of hydrogen-bond donors (Lipinski definition) is 4. The molecule has 2 heterocycles. The Morgan fingerprint density at radius 2 is 1.54 bits per heavy atom. The predicted molar refractivity (Wildman–Crippen MR) is 191 cm³/mol. The number of pyridine rings is 1. The van der Waals surface area contributed by atoms with Crippen LogP contribution in [-0.2, 0) is 22.0 Å². The summed E-state index contributed by atoms with van der Waals surface area (Å²) in [4.78, 5) is 5.65. The van der Waals surface area contributed by atoms with E-state index < -0.39 is 21.7 Å². The minimum atomic E-state index is -3.82. The van der Waals surface area contributed by atoms with Gasteiger partial charge in [0.25, 0.3) is 10.0 Å². The Balaban J connectivity index is 1.35. The molecule has 1 atom stereocenters. The first-order valence-corrected chi connectivity index (χ1v) is 18.8. The fourth-order valence-corrected chi connectivity index (χ4v) is 6.91. The van der Waals surface area contributed by atoms with Gasteiger partial charge in [-0.25, -0.2) is 8.42 Å². The van der Waals surface area contributed by atoms with Gasteiger partial charge in [-0.15, -0.1) is 5.10 Å². The molecule has 260 valence electrons. The van der Waals surface area contributed by atoms with Crippen LogP contribution >= 0.6 is 0 Å². The summed E-state index contributed by atoms with van der Waals surface area (Å²) in [5.74, 6) is 0. The predicted octanol–water partition coefficient (Wildman–Crippen LogP) is 6.77. The van der Waals surface area contributed by atoms with E-state index in [9.17, 15) is 18.6 Å². The van der Waals surface area contributed by atoms with Gasteiger partial charge in [-0.3, -0.25) is 9.71 Å². The summed E-state index contributed by atoms with van der Waals surface area (Å²) in [5.41, 5.74) is 3.15. The number of rotatable bonds is 21. The van der Waals surface area contributed by atoms with Crippen molar-refractivity contribution in [1.82, 2.24) is 25.3 Å². The molecule has 4 aromatic rings. The molecular formula is C37H52N6O4S. The third-order valence-electron chi connectivity index (χ3n) is 8.69. The zero-order valence-corrected chi connectivity index (χ0v) is 29.4. The standard InChI is InChI=1S/C37H52N6O4S/c1-4-6-8-10-23-37(45,24-11-9-7-5-2)36-29(3)40-43(41-36)33-18-20-34(21-19-33)48(46,47)42-32-16-14-30(15-17-32)22-26-39-28-35(44)31-13-12-25-38-27-31/h12-21,25,27,35,39,42,44-45H,4-11,22-24,26,28H2,1-3H3. The van der Waals surface area contributed by atoms with E-state index in [2.05, 4.69) is 34.0 Å². The third kappa shape index (κ3) is 10.7. The molecule has 0 fully saturated rings. The molecule has 11 heteroatoms. The molecular weight excluding hydrogens is 625 g/mol. The molecule has 48 heavy (non-hydrogen) atoms. The molecule has 0 saturated heterocycles. The topological polar surface area (TPSA) is 142 Å². The highest BCUT2D eigenvalue weighted by Crippen LogP contribution is 2.34. The van der Waals surface area contributed by atoms with Crippen molar-refractivity contribution in [1.29, 1.82) is 0 Å². The highest BCUT2D eigenvalue weighted by molar-refractivity contribution is 7.92. The maximum Gasteiger partial charge on any atom is 0.261 e. The van der Waals surface area contributed by atoms with Gasteiger partial charge in [-0.2, -0.15) is 9.90 Å². The van der Waals surface area contributed by atoms with E-state index in [4.69, 9.17) is 5.10 Å². The Kier molecular flexibility index (Phi) is 14.1. The van der Waals surface area contributed by atoms with Crippen LogP contribution in [0.5, 0.6) is 0 Å². The van der Waals surface area contributed by atoms with Crippen LogP contribution in [0.2, 0.25) is 0 Å². The van der Waals surface area contributed by atoms with E-state index in [0.29, 0.717) is 48.7 Å². The third-order valence-corrected chi connectivity index (χ3v) is 10.1. The molecule has 0 radical (unpaired) electrons. The second kappa shape index (κ2) is 18.2. The van der Waals surface area contributed by atoms with Crippen molar-refractivity contribution in [3.63, 3.8) is 0 Å². The van der Waals surface area contributed by atoms with Gasteiger partial charge in [-0.05, 0) is 80.8 Å². The zero-order valence-electron chi connectivity index (χ0n) is 28.6. The molecule has 10 nitrogen and oxygen atoms in total. The normalized spacial score (nSPS) is 12.7. The fraction of sp³-hybridized carbons (Fsp3) is 0.486. The summed E-state index contributed by atoms with van der Waals surface area (Å²) >= 11 is 0. The first-order valence-electron chi connectivity index (χ1n) is 17.3. The average molecular weight is 677 g/mol. The highest BCUT2D eigenvalue weighted by Gasteiger charge is 2.34. The lowest BCUT2D eigenvalue weighted by molar-refractivity contribution is 0.00819. The molecule has 4 N–H and O–H groups in total. The second-order valence-electron chi connectivity index (χ2n) is 12.6. The van der Waals surface area contributed by atoms with Crippen LogP contribution in [0.25, 0.3) is 5.69 Å².